The van der Waals surface area contributed by atoms with E-state index in [9.17, 15) is 4.39 Å². The Balaban J connectivity index is 2.18. The summed E-state index contributed by atoms with van der Waals surface area (Å²) in [5.41, 5.74) is 6.58. The van der Waals surface area contributed by atoms with Crippen molar-refractivity contribution in [2.75, 3.05) is 6.54 Å². The van der Waals surface area contributed by atoms with E-state index in [1.807, 2.05) is 0 Å². The molecule has 0 atom stereocenters. The fourth-order valence-corrected chi connectivity index (χ4v) is 2.25. The molecule has 0 bridgehead atoms. The number of nitrogens with zero attached hydrogens (tertiary/aromatic N) is 2. The molecule has 0 fully saturated rings. The summed E-state index contributed by atoms with van der Waals surface area (Å²) in [4.78, 5) is 4.46. The Morgan fingerprint density at radius 1 is 1.20 bits per heavy atom. The molecule has 20 heavy (non-hydrogen) atoms. The Hall–Kier alpha value is -1.75. The monoisotopic (exact) mass is 277 g/mol. The maximum atomic E-state index is 12.9. The third kappa shape index (κ3) is 2.88. The van der Waals surface area contributed by atoms with Crippen molar-refractivity contribution in [3.63, 3.8) is 0 Å². The van der Waals surface area contributed by atoms with Crippen LogP contribution in [0.4, 0.5) is 4.39 Å². The third-order valence-corrected chi connectivity index (χ3v) is 3.94. The molecule has 0 radical (unpaired) electrons. The smallest absolute Gasteiger partial charge is 0.234 e. The number of benzene rings is 1. The second-order valence-corrected chi connectivity index (χ2v) is 5.01. The van der Waals surface area contributed by atoms with Gasteiger partial charge in [0.1, 0.15) is 5.82 Å². The number of hydrogen-bond donors (Lipinski definition) is 1. The van der Waals surface area contributed by atoms with E-state index in [0.29, 0.717) is 24.7 Å². The lowest BCUT2D eigenvalue weighted by atomic mass is 9.82. The third-order valence-electron chi connectivity index (χ3n) is 3.94. The van der Waals surface area contributed by atoms with Crippen LogP contribution < -0.4 is 5.73 Å². The van der Waals surface area contributed by atoms with Crippen LogP contribution >= 0.6 is 0 Å². The lowest BCUT2D eigenvalue weighted by Gasteiger charge is -2.24. The maximum absolute atomic E-state index is 12.9. The van der Waals surface area contributed by atoms with E-state index >= 15 is 0 Å². The van der Waals surface area contributed by atoms with E-state index in [0.717, 1.165) is 18.4 Å². The largest absolute Gasteiger partial charge is 0.339 e. The Kier molecular flexibility index (Phi) is 4.49. The minimum absolute atomic E-state index is 0.242. The predicted octanol–water partition coefficient (Wildman–Crippen LogP) is 2.82. The first-order valence-corrected chi connectivity index (χ1v) is 6.91. The van der Waals surface area contributed by atoms with Gasteiger partial charge in [0.2, 0.25) is 5.89 Å². The van der Waals surface area contributed by atoms with Gasteiger partial charge in [-0.1, -0.05) is 31.1 Å². The molecule has 0 spiro atoms. The molecule has 0 saturated heterocycles. The highest BCUT2D eigenvalue weighted by Crippen LogP contribution is 2.29. The van der Waals surface area contributed by atoms with Crippen molar-refractivity contribution in [1.82, 2.24) is 10.1 Å². The number of halogens is 1. The van der Waals surface area contributed by atoms with Gasteiger partial charge in [0.15, 0.2) is 5.82 Å². The Morgan fingerprint density at radius 3 is 2.40 bits per heavy atom. The molecular weight excluding hydrogens is 257 g/mol. The zero-order valence-corrected chi connectivity index (χ0v) is 11.9. The molecule has 0 amide bonds. The van der Waals surface area contributed by atoms with Gasteiger partial charge < -0.3 is 10.3 Å². The first kappa shape index (κ1) is 14.7. The van der Waals surface area contributed by atoms with Crippen LogP contribution in [-0.2, 0) is 11.8 Å². The summed E-state index contributed by atoms with van der Waals surface area (Å²) < 4.78 is 18.2. The van der Waals surface area contributed by atoms with Crippen LogP contribution in [0, 0.1) is 5.82 Å². The van der Waals surface area contributed by atoms with E-state index < -0.39 is 0 Å². The van der Waals surface area contributed by atoms with Gasteiger partial charge in [-0.2, -0.15) is 4.98 Å². The zero-order chi connectivity index (χ0) is 14.6. The molecule has 1 heterocycles. The number of nitrogens with two attached hydrogens (primary N) is 1. The van der Waals surface area contributed by atoms with Crippen LogP contribution in [0.3, 0.4) is 0 Å². The molecule has 1 aromatic carbocycles. The summed E-state index contributed by atoms with van der Waals surface area (Å²) >= 11 is 0. The maximum Gasteiger partial charge on any atom is 0.234 e. The van der Waals surface area contributed by atoms with Crippen molar-refractivity contribution in [3.05, 3.63) is 47.4 Å². The van der Waals surface area contributed by atoms with Crippen LogP contribution in [0.15, 0.2) is 28.8 Å². The van der Waals surface area contributed by atoms with Gasteiger partial charge >= 0.3 is 0 Å². The number of aromatic nitrogens is 2. The van der Waals surface area contributed by atoms with Crippen molar-refractivity contribution in [2.45, 2.75) is 38.5 Å². The Bertz CT molecular complexity index is 538. The summed E-state index contributed by atoms with van der Waals surface area (Å²) in [6.45, 7) is 4.62. The summed E-state index contributed by atoms with van der Waals surface area (Å²) in [6, 6.07) is 6.31. The normalized spacial score (nSPS) is 11.8. The van der Waals surface area contributed by atoms with Crippen LogP contribution in [-0.4, -0.2) is 16.7 Å². The Labute approximate surface area is 118 Å². The molecular formula is C15H20FN3O. The standard InChI is InChI=1S/C15H20FN3O/c1-3-15(4-2,10-17)14-18-13(19-20-14)9-11-5-7-12(16)8-6-11/h5-8H,3-4,9-10,17H2,1-2H3. The predicted molar refractivity (Wildman–Crippen MR) is 74.8 cm³/mol. The summed E-state index contributed by atoms with van der Waals surface area (Å²) in [5.74, 6) is 0.954. The van der Waals surface area contributed by atoms with Crippen molar-refractivity contribution < 1.29 is 8.91 Å². The van der Waals surface area contributed by atoms with Crippen molar-refractivity contribution in [1.29, 1.82) is 0 Å². The topological polar surface area (TPSA) is 64.9 Å². The first-order chi connectivity index (χ1) is 9.63. The van der Waals surface area contributed by atoms with E-state index in [2.05, 4.69) is 24.0 Å². The van der Waals surface area contributed by atoms with E-state index in [4.69, 9.17) is 10.3 Å². The van der Waals surface area contributed by atoms with Crippen LogP contribution in [0.5, 0.6) is 0 Å². The fourth-order valence-electron chi connectivity index (χ4n) is 2.25. The molecule has 1 aromatic heterocycles. The molecule has 0 saturated carbocycles. The zero-order valence-electron chi connectivity index (χ0n) is 11.9. The van der Waals surface area contributed by atoms with Gasteiger partial charge in [0.25, 0.3) is 0 Å². The lowest BCUT2D eigenvalue weighted by Crippen LogP contribution is -2.34. The number of rotatable bonds is 6. The van der Waals surface area contributed by atoms with Gasteiger partial charge in [-0.15, -0.1) is 0 Å². The minimum Gasteiger partial charge on any atom is -0.339 e. The summed E-state index contributed by atoms with van der Waals surface area (Å²) in [6.07, 6.45) is 2.24. The van der Waals surface area contributed by atoms with E-state index in [1.165, 1.54) is 12.1 Å². The highest BCUT2D eigenvalue weighted by Gasteiger charge is 2.33. The fraction of sp³-hybridized carbons (Fsp3) is 0.467. The van der Waals surface area contributed by atoms with E-state index in [-0.39, 0.29) is 11.2 Å². The number of hydrogen-bond acceptors (Lipinski definition) is 4. The van der Waals surface area contributed by atoms with E-state index in [1.54, 1.807) is 12.1 Å². The summed E-state index contributed by atoms with van der Waals surface area (Å²) in [7, 11) is 0. The van der Waals surface area contributed by atoms with Crippen molar-refractivity contribution in [2.24, 2.45) is 5.73 Å². The molecule has 0 aliphatic rings. The van der Waals surface area contributed by atoms with Gasteiger partial charge in [-0.05, 0) is 30.5 Å². The van der Waals surface area contributed by atoms with Gasteiger partial charge in [-0.3, -0.25) is 0 Å². The molecule has 2 aromatic rings. The van der Waals surface area contributed by atoms with Gasteiger partial charge in [0, 0.05) is 13.0 Å². The highest BCUT2D eigenvalue weighted by atomic mass is 19.1. The van der Waals surface area contributed by atoms with Crippen LogP contribution in [0.1, 0.15) is 44.0 Å². The molecule has 0 aliphatic heterocycles. The second kappa shape index (κ2) is 6.13. The first-order valence-electron chi connectivity index (χ1n) is 6.91. The molecule has 2 rings (SSSR count). The highest BCUT2D eigenvalue weighted by molar-refractivity contribution is 5.20. The van der Waals surface area contributed by atoms with Gasteiger partial charge in [0.05, 0.1) is 5.41 Å². The minimum atomic E-state index is -0.248. The molecule has 108 valence electrons. The van der Waals surface area contributed by atoms with Crippen molar-refractivity contribution in [3.8, 4) is 0 Å². The van der Waals surface area contributed by atoms with Crippen molar-refractivity contribution >= 4 is 0 Å². The molecule has 0 unspecified atom stereocenters. The Morgan fingerprint density at radius 2 is 1.85 bits per heavy atom. The average Bonchev–Trinajstić information content (AvgIpc) is 2.93. The molecule has 5 heteroatoms. The quantitative estimate of drug-likeness (QED) is 0.881. The molecule has 0 aliphatic carbocycles. The summed E-state index contributed by atoms with van der Waals surface area (Å²) in [5, 5.41) is 4.01. The molecule has 4 nitrogen and oxygen atoms in total. The SMILES string of the molecule is CCC(CC)(CN)c1nc(Cc2ccc(F)cc2)no1. The van der Waals surface area contributed by atoms with Crippen LogP contribution in [0.2, 0.25) is 0 Å². The van der Waals surface area contributed by atoms with Gasteiger partial charge in [-0.25, -0.2) is 4.39 Å². The molecule has 2 N–H and O–H groups in total. The average molecular weight is 277 g/mol. The second-order valence-electron chi connectivity index (χ2n) is 5.01. The lowest BCUT2D eigenvalue weighted by molar-refractivity contribution is 0.266. The van der Waals surface area contributed by atoms with Crippen LogP contribution in [0.25, 0.3) is 0 Å².